The third-order valence-electron chi connectivity index (χ3n) is 5.61. The van der Waals surface area contributed by atoms with Crippen LogP contribution in [0.5, 0.6) is 11.5 Å². The Morgan fingerprint density at radius 1 is 0.935 bits per heavy atom. The van der Waals surface area contributed by atoms with Crippen LogP contribution < -0.4 is 9.47 Å². The van der Waals surface area contributed by atoms with Crippen molar-refractivity contribution in [1.29, 1.82) is 0 Å². The van der Waals surface area contributed by atoms with Gasteiger partial charge in [-0.25, -0.2) is 0 Å². The number of amides is 1. The smallest absolute Gasteiger partial charge is 0.289 e. The number of hydrogen-bond acceptors (Lipinski definition) is 4. The summed E-state index contributed by atoms with van der Waals surface area (Å²) in [6, 6.07) is 19.5. The molecule has 1 heterocycles. The molecule has 0 spiro atoms. The normalized spacial score (nSPS) is 11.9. The number of hydrogen-bond donors (Lipinski definition) is 0. The minimum absolute atomic E-state index is 0.0990. The molecule has 1 amide bonds. The molecular weight excluding hydrogens is 390 g/mol. The molecule has 3 aromatic rings. The number of nitrogens with zero attached hydrogens (tertiary/aromatic N) is 1. The molecule has 164 valence electrons. The van der Waals surface area contributed by atoms with Gasteiger partial charge in [-0.3, -0.25) is 4.79 Å². The zero-order chi connectivity index (χ0) is 22.2. The highest BCUT2D eigenvalue weighted by Crippen LogP contribution is 2.30. The van der Waals surface area contributed by atoms with Crippen molar-refractivity contribution in [2.45, 2.75) is 32.7 Å². The van der Waals surface area contributed by atoms with Gasteiger partial charge in [-0.2, -0.15) is 0 Å². The van der Waals surface area contributed by atoms with Gasteiger partial charge in [0.05, 0.1) is 20.5 Å². The van der Waals surface area contributed by atoms with Crippen LogP contribution in [-0.2, 0) is 6.54 Å². The van der Waals surface area contributed by atoms with Gasteiger partial charge in [-0.1, -0.05) is 38.1 Å². The summed E-state index contributed by atoms with van der Waals surface area (Å²) in [6.45, 7) is 5.57. The van der Waals surface area contributed by atoms with E-state index in [1.807, 2.05) is 41.3 Å². The highest BCUT2D eigenvalue weighted by Gasteiger charge is 2.22. The molecule has 3 rings (SSSR count). The molecule has 0 N–H and O–H groups in total. The monoisotopic (exact) mass is 421 g/mol. The quantitative estimate of drug-likeness (QED) is 0.417. The molecule has 0 aliphatic carbocycles. The molecule has 0 radical (unpaired) electrons. The summed E-state index contributed by atoms with van der Waals surface area (Å²) in [7, 11) is 3.32. The average molecular weight is 422 g/mol. The lowest BCUT2D eigenvalue weighted by atomic mass is 9.85. The van der Waals surface area contributed by atoms with Crippen molar-refractivity contribution in [2.75, 3.05) is 20.8 Å². The Hall–Kier alpha value is -3.21. The summed E-state index contributed by atoms with van der Waals surface area (Å²) >= 11 is 0. The van der Waals surface area contributed by atoms with Crippen molar-refractivity contribution < 1.29 is 18.7 Å². The number of rotatable bonds is 10. The molecule has 0 unspecified atom stereocenters. The third-order valence-corrected chi connectivity index (χ3v) is 5.61. The van der Waals surface area contributed by atoms with Crippen molar-refractivity contribution in [1.82, 2.24) is 4.90 Å². The van der Waals surface area contributed by atoms with E-state index in [-0.39, 0.29) is 5.91 Å². The maximum atomic E-state index is 13.1. The van der Waals surface area contributed by atoms with Crippen LogP contribution in [-0.4, -0.2) is 31.6 Å². The van der Waals surface area contributed by atoms with Gasteiger partial charge in [-0.05, 0) is 65.8 Å². The minimum Gasteiger partial charge on any atom is -0.497 e. The first-order chi connectivity index (χ1) is 15.0. The standard InChI is InChI=1S/C26H31NO4/c1-19(2)24(21-9-13-23(30-4)14-10-21)15-16-27(26(28)25-6-5-17-31-25)18-20-7-11-22(29-3)12-8-20/h5-14,17,19,24H,15-16,18H2,1-4H3/t24-/m0/s1. The third kappa shape index (κ3) is 5.91. The molecule has 0 bridgehead atoms. The summed E-state index contributed by atoms with van der Waals surface area (Å²) in [4.78, 5) is 15.0. The summed E-state index contributed by atoms with van der Waals surface area (Å²) < 4.78 is 15.9. The Bertz CT molecular complexity index is 931. The fourth-order valence-electron chi connectivity index (χ4n) is 3.79. The van der Waals surface area contributed by atoms with E-state index in [0.29, 0.717) is 30.7 Å². The Morgan fingerprint density at radius 3 is 2.06 bits per heavy atom. The maximum absolute atomic E-state index is 13.1. The molecular formula is C26H31NO4. The van der Waals surface area contributed by atoms with Crippen molar-refractivity contribution in [3.05, 3.63) is 83.8 Å². The van der Waals surface area contributed by atoms with Crippen LogP contribution in [0.4, 0.5) is 0 Å². The van der Waals surface area contributed by atoms with Gasteiger partial charge in [0.25, 0.3) is 5.91 Å². The van der Waals surface area contributed by atoms with Crippen LogP contribution in [0.25, 0.3) is 0 Å². The van der Waals surface area contributed by atoms with Crippen molar-refractivity contribution >= 4 is 5.91 Å². The molecule has 1 aromatic heterocycles. The van der Waals surface area contributed by atoms with E-state index in [1.165, 1.54) is 11.8 Å². The first-order valence-corrected chi connectivity index (χ1v) is 10.6. The average Bonchev–Trinajstić information content (AvgIpc) is 3.33. The molecule has 2 aromatic carbocycles. The van der Waals surface area contributed by atoms with Gasteiger partial charge in [-0.15, -0.1) is 0 Å². The first kappa shape index (κ1) is 22.5. The highest BCUT2D eigenvalue weighted by atomic mass is 16.5. The van der Waals surface area contributed by atoms with Crippen molar-refractivity contribution in [3.8, 4) is 11.5 Å². The van der Waals surface area contributed by atoms with Crippen LogP contribution in [0.15, 0.2) is 71.3 Å². The van der Waals surface area contributed by atoms with Crippen LogP contribution in [0.3, 0.4) is 0 Å². The number of methoxy groups -OCH3 is 2. The lowest BCUT2D eigenvalue weighted by molar-refractivity contribution is 0.0702. The van der Waals surface area contributed by atoms with Gasteiger partial charge in [0, 0.05) is 13.1 Å². The maximum Gasteiger partial charge on any atom is 0.289 e. The van der Waals surface area contributed by atoms with Gasteiger partial charge in [0.1, 0.15) is 11.5 Å². The van der Waals surface area contributed by atoms with Gasteiger partial charge in [0.2, 0.25) is 0 Å². The number of benzene rings is 2. The largest absolute Gasteiger partial charge is 0.497 e. The van der Waals surface area contributed by atoms with E-state index in [2.05, 4.69) is 26.0 Å². The van der Waals surface area contributed by atoms with Gasteiger partial charge >= 0.3 is 0 Å². The van der Waals surface area contributed by atoms with Crippen molar-refractivity contribution in [3.63, 3.8) is 0 Å². The van der Waals surface area contributed by atoms with E-state index in [9.17, 15) is 4.79 Å². The summed E-state index contributed by atoms with van der Waals surface area (Å²) in [5.74, 6) is 2.67. The molecule has 0 aliphatic heterocycles. The fourth-order valence-corrected chi connectivity index (χ4v) is 3.79. The minimum atomic E-state index is -0.0990. The van der Waals surface area contributed by atoms with Crippen LogP contribution in [0, 0.1) is 5.92 Å². The van der Waals surface area contributed by atoms with Crippen LogP contribution in [0.2, 0.25) is 0 Å². The highest BCUT2D eigenvalue weighted by molar-refractivity contribution is 5.91. The lowest BCUT2D eigenvalue weighted by Crippen LogP contribution is -2.32. The van der Waals surface area contributed by atoms with Gasteiger partial charge < -0.3 is 18.8 Å². The van der Waals surface area contributed by atoms with Crippen LogP contribution >= 0.6 is 0 Å². The molecule has 0 saturated heterocycles. The summed E-state index contributed by atoms with van der Waals surface area (Å²) in [6.07, 6.45) is 2.39. The van der Waals surface area contributed by atoms with E-state index in [1.54, 1.807) is 26.4 Å². The van der Waals surface area contributed by atoms with Gasteiger partial charge in [0.15, 0.2) is 5.76 Å². The molecule has 0 fully saturated rings. The van der Waals surface area contributed by atoms with E-state index in [0.717, 1.165) is 23.5 Å². The predicted molar refractivity (Wildman–Crippen MR) is 122 cm³/mol. The fraction of sp³-hybridized carbons (Fsp3) is 0.346. The summed E-state index contributed by atoms with van der Waals surface area (Å²) in [5.41, 5.74) is 2.30. The zero-order valence-corrected chi connectivity index (χ0v) is 18.7. The SMILES string of the molecule is COc1ccc(CN(CC[C@H](c2ccc(OC)cc2)C(C)C)C(=O)c2ccco2)cc1. The molecule has 0 aliphatic rings. The number of carbonyl (C=O) groups is 1. The second-order valence-electron chi connectivity index (χ2n) is 7.96. The molecule has 31 heavy (non-hydrogen) atoms. The number of furan rings is 1. The second-order valence-corrected chi connectivity index (χ2v) is 7.96. The Kier molecular flexibility index (Phi) is 7.76. The number of carbonyl (C=O) groups excluding carboxylic acids is 1. The second kappa shape index (κ2) is 10.7. The molecule has 1 atom stereocenters. The molecule has 5 nitrogen and oxygen atoms in total. The van der Waals surface area contributed by atoms with Crippen LogP contribution in [0.1, 0.15) is 47.9 Å². The zero-order valence-electron chi connectivity index (χ0n) is 18.7. The summed E-state index contributed by atoms with van der Waals surface area (Å²) in [5, 5.41) is 0. The Labute approximate surface area is 184 Å². The molecule has 5 heteroatoms. The number of ether oxygens (including phenoxy) is 2. The topological polar surface area (TPSA) is 51.9 Å². The predicted octanol–water partition coefficient (Wildman–Crippen LogP) is 5.77. The van der Waals surface area contributed by atoms with Crippen molar-refractivity contribution in [2.24, 2.45) is 5.92 Å². The van der Waals surface area contributed by atoms with E-state index < -0.39 is 0 Å². The first-order valence-electron chi connectivity index (χ1n) is 10.6. The lowest BCUT2D eigenvalue weighted by Gasteiger charge is -2.27. The molecule has 0 saturated carbocycles. The van der Waals surface area contributed by atoms with E-state index in [4.69, 9.17) is 13.9 Å². The Balaban J connectivity index is 1.77. The van der Waals surface area contributed by atoms with E-state index >= 15 is 0 Å². The Morgan fingerprint density at radius 2 is 1.55 bits per heavy atom.